The second kappa shape index (κ2) is 8.00. The van der Waals surface area contributed by atoms with E-state index in [0.717, 1.165) is 10.0 Å². The number of rotatable bonds is 5. The molecule has 4 rings (SSSR count). The molecule has 0 aliphatic carbocycles. The summed E-state index contributed by atoms with van der Waals surface area (Å²) in [6, 6.07) is 16.2. The highest BCUT2D eigenvalue weighted by Crippen LogP contribution is 2.24. The van der Waals surface area contributed by atoms with Gasteiger partial charge in [0.1, 0.15) is 5.82 Å². The number of carbonyl (C=O) groups excluding carboxylic acids is 1. The molecule has 0 unspecified atom stereocenters. The highest BCUT2D eigenvalue weighted by molar-refractivity contribution is 9.10. The van der Waals surface area contributed by atoms with Gasteiger partial charge >= 0.3 is 0 Å². The summed E-state index contributed by atoms with van der Waals surface area (Å²) in [5.74, 6) is 0.461. The molecular formula is C20H19BrN4O3S. The van der Waals surface area contributed by atoms with Gasteiger partial charge in [-0.2, -0.15) is 5.10 Å². The van der Waals surface area contributed by atoms with E-state index in [-0.39, 0.29) is 11.7 Å². The fourth-order valence-corrected chi connectivity index (χ4v) is 5.22. The molecule has 3 aromatic rings. The molecule has 9 heteroatoms. The van der Waals surface area contributed by atoms with Crippen LogP contribution in [0, 0.1) is 0 Å². The molecule has 1 saturated heterocycles. The van der Waals surface area contributed by atoms with E-state index in [1.165, 1.54) is 4.31 Å². The Hall–Kier alpha value is -2.65. The minimum absolute atomic E-state index is 0.163. The maximum atomic E-state index is 12.7. The van der Waals surface area contributed by atoms with Gasteiger partial charge in [0.15, 0.2) is 0 Å². The number of benzene rings is 2. The SMILES string of the molecule is O=C(Nc1ccnn1Cc1ccccc1Br)c1ccc(N2CCCS2(=O)=O)cc1. The number of sulfonamides is 1. The highest BCUT2D eigenvalue weighted by Gasteiger charge is 2.28. The van der Waals surface area contributed by atoms with Crippen molar-refractivity contribution in [1.29, 1.82) is 0 Å². The van der Waals surface area contributed by atoms with Gasteiger partial charge in [0.25, 0.3) is 5.91 Å². The Morgan fingerprint density at radius 3 is 2.55 bits per heavy atom. The first kappa shape index (κ1) is 19.7. The Morgan fingerprint density at radius 2 is 1.86 bits per heavy atom. The van der Waals surface area contributed by atoms with Gasteiger partial charge < -0.3 is 5.32 Å². The van der Waals surface area contributed by atoms with Crippen LogP contribution in [0.15, 0.2) is 65.3 Å². The van der Waals surface area contributed by atoms with Crippen LogP contribution >= 0.6 is 15.9 Å². The second-order valence-corrected chi connectivity index (χ2v) is 9.58. The van der Waals surface area contributed by atoms with Gasteiger partial charge in [-0.1, -0.05) is 34.1 Å². The predicted molar refractivity (Wildman–Crippen MR) is 116 cm³/mol. The summed E-state index contributed by atoms with van der Waals surface area (Å²) >= 11 is 3.52. The smallest absolute Gasteiger partial charge is 0.256 e. The van der Waals surface area contributed by atoms with Crippen molar-refractivity contribution in [1.82, 2.24) is 9.78 Å². The summed E-state index contributed by atoms with van der Waals surface area (Å²) in [5.41, 5.74) is 2.07. The molecule has 1 aliphatic rings. The minimum atomic E-state index is -3.24. The third-order valence-electron chi connectivity index (χ3n) is 4.75. The van der Waals surface area contributed by atoms with E-state index < -0.39 is 10.0 Å². The Kier molecular flexibility index (Phi) is 5.42. The van der Waals surface area contributed by atoms with Crippen LogP contribution in [0.3, 0.4) is 0 Å². The van der Waals surface area contributed by atoms with Crippen molar-refractivity contribution in [3.05, 3.63) is 76.4 Å². The van der Waals surface area contributed by atoms with E-state index in [4.69, 9.17) is 0 Å². The van der Waals surface area contributed by atoms with E-state index in [1.807, 2.05) is 24.3 Å². The lowest BCUT2D eigenvalue weighted by molar-refractivity contribution is 0.102. The fraction of sp³-hybridized carbons (Fsp3) is 0.200. The number of aromatic nitrogens is 2. The topological polar surface area (TPSA) is 84.3 Å². The number of halogens is 1. The normalized spacial score (nSPS) is 15.4. The summed E-state index contributed by atoms with van der Waals surface area (Å²) < 4.78 is 28.1. The van der Waals surface area contributed by atoms with Gasteiger partial charge in [-0.3, -0.25) is 9.10 Å². The van der Waals surface area contributed by atoms with E-state index in [1.54, 1.807) is 41.2 Å². The molecule has 7 nitrogen and oxygen atoms in total. The molecule has 0 atom stereocenters. The zero-order valence-electron chi connectivity index (χ0n) is 15.5. The van der Waals surface area contributed by atoms with Crippen LogP contribution < -0.4 is 9.62 Å². The van der Waals surface area contributed by atoms with Crippen LogP contribution in [-0.2, 0) is 16.6 Å². The molecule has 29 heavy (non-hydrogen) atoms. The molecule has 1 aliphatic heterocycles. The lowest BCUT2D eigenvalue weighted by Crippen LogP contribution is -2.25. The molecule has 1 amide bonds. The first-order valence-corrected chi connectivity index (χ1v) is 11.5. The number of nitrogens with zero attached hydrogens (tertiary/aromatic N) is 3. The van der Waals surface area contributed by atoms with E-state index in [2.05, 4.69) is 26.3 Å². The lowest BCUT2D eigenvalue weighted by atomic mass is 10.2. The van der Waals surface area contributed by atoms with Crippen molar-refractivity contribution in [3.8, 4) is 0 Å². The summed E-state index contributed by atoms with van der Waals surface area (Å²) in [5, 5.41) is 7.16. The maximum absolute atomic E-state index is 12.7. The van der Waals surface area contributed by atoms with Gasteiger partial charge in [-0.15, -0.1) is 0 Å². The number of hydrogen-bond donors (Lipinski definition) is 1. The maximum Gasteiger partial charge on any atom is 0.256 e. The third-order valence-corrected chi connectivity index (χ3v) is 7.40. The van der Waals surface area contributed by atoms with Crippen molar-refractivity contribution in [2.75, 3.05) is 21.9 Å². The van der Waals surface area contributed by atoms with E-state index >= 15 is 0 Å². The zero-order chi connectivity index (χ0) is 20.4. The molecule has 0 bridgehead atoms. The molecule has 0 radical (unpaired) electrons. The monoisotopic (exact) mass is 474 g/mol. The Morgan fingerprint density at radius 1 is 1.10 bits per heavy atom. The average Bonchev–Trinajstić information content (AvgIpc) is 3.29. The van der Waals surface area contributed by atoms with Crippen molar-refractivity contribution < 1.29 is 13.2 Å². The molecule has 2 heterocycles. The number of carbonyl (C=O) groups is 1. The summed E-state index contributed by atoms with van der Waals surface area (Å²) in [7, 11) is -3.24. The van der Waals surface area contributed by atoms with Crippen LogP contribution in [0.25, 0.3) is 0 Å². The van der Waals surface area contributed by atoms with E-state index in [9.17, 15) is 13.2 Å². The summed E-state index contributed by atoms with van der Waals surface area (Å²) in [6.45, 7) is 0.984. The Bertz CT molecular complexity index is 1140. The zero-order valence-corrected chi connectivity index (χ0v) is 17.9. The largest absolute Gasteiger partial charge is 0.307 e. The quantitative estimate of drug-likeness (QED) is 0.613. The molecule has 1 fully saturated rings. The molecule has 0 spiro atoms. The van der Waals surface area contributed by atoms with Gasteiger partial charge in [-0.25, -0.2) is 13.1 Å². The van der Waals surface area contributed by atoms with Crippen LogP contribution in [0.1, 0.15) is 22.3 Å². The van der Waals surface area contributed by atoms with Crippen molar-refractivity contribution >= 4 is 43.4 Å². The molecule has 1 aromatic heterocycles. The standard InChI is InChI=1S/C20H19BrN4O3S/c21-18-5-2-1-4-16(18)14-24-19(10-11-22-24)23-20(26)15-6-8-17(9-7-15)25-12-3-13-29(25,27)28/h1-2,4-11H,3,12-14H2,(H,23,26). The summed E-state index contributed by atoms with van der Waals surface area (Å²) in [6.07, 6.45) is 2.25. The van der Waals surface area contributed by atoms with Gasteiger partial charge in [0.2, 0.25) is 10.0 Å². The van der Waals surface area contributed by atoms with E-state index in [0.29, 0.717) is 36.6 Å². The first-order chi connectivity index (χ1) is 13.9. The number of amides is 1. The molecular weight excluding hydrogens is 456 g/mol. The number of hydrogen-bond acceptors (Lipinski definition) is 4. The number of nitrogens with one attached hydrogen (secondary N) is 1. The van der Waals surface area contributed by atoms with Gasteiger partial charge in [-0.05, 0) is 42.3 Å². The highest BCUT2D eigenvalue weighted by atomic mass is 79.9. The average molecular weight is 475 g/mol. The van der Waals surface area contributed by atoms with Gasteiger partial charge in [0.05, 0.1) is 24.2 Å². The van der Waals surface area contributed by atoms with Crippen molar-refractivity contribution in [2.24, 2.45) is 0 Å². The van der Waals surface area contributed by atoms with Crippen LogP contribution in [0.5, 0.6) is 0 Å². The molecule has 2 aromatic carbocycles. The van der Waals surface area contributed by atoms with Crippen molar-refractivity contribution in [2.45, 2.75) is 13.0 Å². The van der Waals surface area contributed by atoms with Crippen LogP contribution in [-0.4, -0.2) is 36.4 Å². The third kappa shape index (κ3) is 4.20. The lowest BCUT2D eigenvalue weighted by Gasteiger charge is -2.17. The molecule has 1 N–H and O–H groups in total. The van der Waals surface area contributed by atoms with Crippen LogP contribution in [0.4, 0.5) is 11.5 Å². The predicted octanol–water partition coefficient (Wildman–Crippen LogP) is 3.49. The Balaban J connectivity index is 1.48. The first-order valence-electron chi connectivity index (χ1n) is 9.11. The molecule has 150 valence electrons. The van der Waals surface area contributed by atoms with Gasteiger partial charge in [0, 0.05) is 22.6 Å². The number of anilines is 2. The second-order valence-electron chi connectivity index (χ2n) is 6.71. The summed E-state index contributed by atoms with van der Waals surface area (Å²) in [4.78, 5) is 12.7. The minimum Gasteiger partial charge on any atom is -0.307 e. The fourth-order valence-electron chi connectivity index (χ4n) is 3.25. The molecule has 0 saturated carbocycles. The van der Waals surface area contributed by atoms with Crippen molar-refractivity contribution in [3.63, 3.8) is 0 Å². The Labute approximate surface area is 177 Å². The van der Waals surface area contributed by atoms with Crippen LogP contribution in [0.2, 0.25) is 0 Å².